The molecule has 0 aliphatic carbocycles. The zero-order valence-electron chi connectivity index (χ0n) is 15.7. The fraction of sp³-hybridized carbons (Fsp3) is 0.368. The van der Waals surface area contributed by atoms with E-state index in [2.05, 4.69) is 39.3 Å². The number of carbonyl (C=O) groups is 2. The molecule has 0 saturated carbocycles. The van der Waals surface area contributed by atoms with Crippen molar-refractivity contribution in [3.8, 4) is 0 Å². The summed E-state index contributed by atoms with van der Waals surface area (Å²) in [7, 11) is 1.97. The molecule has 2 aromatic rings. The summed E-state index contributed by atoms with van der Waals surface area (Å²) in [5, 5.41) is 5.42. The minimum atomic E-state index is -0.517. The first-order chi connectivity index (χ1) is 12.9. The summed E-state index contributed by atoms with van der Waals surface area (Å²) in [4.78, 5) is 34.9. The molecule has 2 N–H and O–H groups in total. The van der Waals surface area contributed by atoms with E-state index < -0.39 is 11.8 Å². The van der Waals surface area contributed by atoms with Crippen LogP contribution in [0.25, 0.3) is 0 Å². The largest absolute Gasteiger partial charge is 0.349 e. The predicted molar refractivity (Wildman–Crippen MR) is 99.7 cm³/mol. The van der Waals surface area contributed by atoms with Crippen molar-refractivity contribution in [2.45, 2.75) is 26.4 Å². The van der Waals surface area contributed by atoms with Gasteiger partial charge in [0, 0.05) is 38.1 Å². The molecule has 1 heterocycles. The number of rotatable bonds is 8. The Morgan fingerprint density at radius 2 is 1.59 bits per heavy atom. The fourth-order valence-electron chi connectivity index (χ4n) is 2.23. The second kappa shape index (κ2) is 9.72. The van der Waals surface area contributed by atoms with Crippen molar-refractivity contribution < 1.29 is 14.0 Å². The van der Waals surface area contributed by atoms with Gasteiger partial charge in [0.25, 0.3) is 11.8 Å². The van der Waals surface area contributed by atoms with Crippen LogP contribution >= 0.6 is 0 Å². The maximum absolute atomic E-state index is 12.9. The van der Waals surface area contributed by atoms with Gasteiger partial charge in [0.15, 0.2) is 11.4 Å². The minimum absolute atomic E-state index is 0.0266. The maximum atomic E-state index is 12.9. The zero-order valence-corrected chi connectivity index (χ0v) is 15.7. The van der Waals surface area contributed by atoms with Crippen LogP contribution in [0.2, 0.25) is 0 Å². The Bertz CT molecular complexity index is 780. The molecule has 1 aromatic heterocycles. The number of nitrogens with zero attached hydrogens (tertiary/aromatic N) is 3. The molecule has 0 unspecified atom stereocenters. The molecule has 8 heteroatoms. The van der Waals surface area contributed by atoms with Gasteiger partial charge in [-0.3, -0.25) is 9.59 Å². The van der Waals surface area contributed by atoms with Crippen LogP contribution in [0.4, 0.5) is 4.39 Å². The van der Waals surface area contributed by atoms with Gasteiger partial charge in [-0.2, -0.15) is 0 Å². The van der Waals surface area contributed by atoms with Crippen LogP contribution in [0, 0.1) is 5.82 Å². The summed E-state index contributed by atoms with van der Waals surface area (Å²) in [5.74, 6) is -1.31. The summed E-state index contributed by atoms with van der Waals surface area (Å²) >= 11 is 0. The van der Waals surface area contributed by atoms with E-state index in [4.69, 9.17) is 0 Å². The molecule has 0 aliphatic rings. The van der Waals surface area contributed by atoms with Crippen LogP contribution in [0.15, 0.2) is 36.7 Å². The monoisotopic (exact) mass is 373 g/mol. The summed E-state index contributed by atoms with van der Waals surface area (Å²) in [5.41, 5.74) is 0.659. The minimum Gasteiger partial charge on any atom is -0.349 e. The van der Waals surface area contributed by atoms with Gasteiger partial charge >= 0.3 is 0 Å². The van der Waals surface area contributed by atoms with Gasteiger partial charge in [-0.05, 0) is 38.6 Å². The molecule has 2 amide bonds. The number of hydrogen-bond donors (Lipinski definition) is 2. The van der Waals surface area contributed by atoms with E-state index in [-0.39, 0.29) is 23.7 Å². The first-order valence-electron chi connectivity index (χ1n) is 8.70. The van der Waals surface area contributed by atoms with Crippen LogP contribution in [0.3, 0.4) is 0 Å². The topological polar surface area (TPSA) is 87.2 Å². The molecule has 1 aromatic carbocycles. The summed E-state index contributed by atoms with van der Waals surface area (Å²) in [6.45, 7) is 5.43. The van der Waals surface area contributed by atoms with E-state index in [0.717, 1.165) is 5.56 Å². The van der Waals surface area contributed by atoms with E-state index in [1.807, 2.05) is 7.05 Å². The van der Waals surface area contributed by atoms with Crippen LogP contribution in [0.1, 0.15) is 40.4 Å². The molecule has 0 fully saturated rings. The highest BCUT2D eigenvalue weighted by Crippen LogP contribution is 2.05. The van der Waals surface area contributed by atoms with E-state index >= 15 is 0 Å². The molecule has 0 saturated heterocycles. The van der Waals surface area contributed by atoms with Gasteiger partial charge in [0.2, 0.25) is 0 Å². The van der Waals surface area contributed by atoms with Crippen LogP contribution in [0.5, 0.6) is 0 Å². The molecular weight excluding hydrogens is 349 g/mol. The molecule has 0 aliphatic heterocycles. The molecule has 27 heavy (non-hydrogen) atoms. The number of aromatic nitrogens is 2. The highest BCUT2D eigenvalue weighted by molar-refractivity contribution is 6.04. The predicted octanol–water partition coefficient (Wildman–Crippen LogP) is 1.62. The molecular formula is C19H24FN5O2. The summed E-state index contributed by atoms with van der Waals surface area (Å²) in [6.07, 6.45) is 2.72. The molecule has 2 rings (SSSR count). The Morgan fingerprint density at radius 1 is 1.04 bits per heavy atom. The Labute approximate surface area is 158 Å². The van der Waals surface area contributed by atoms with Crippen LogP contribution in [-0.2, 0) is 6.54 Å². The van der Waals surface area contributed by atoms with Crippen molar-refractivity contribution in [1.82, 2.24) is 25.5 Å². The SMILES string of the molecule is CC(C)N(C)CCNC(=O)c1nccnc1C(=O)NCc1ccc(F)cc1. The van der Waals surface area contributed by atoms with E-state index in [9.17, 15) is 14.0 Å². The Hall–Kier alpha value is -2.87. The molecule has 7 nitrogen and oxygen atoms in total. The lowest BCUT2D eigenvalue weighted by molar-refractivity contribution is 0.0907. The number of carbonyl (C=O) groups excluding carboxylic acids is 2. The summed E-state index contributed by atoms with van der Waals surface area (Å²) in [6, 6.07) is 6.15. The highest BCUT2D eigenvalue weighted by Gasteiger charge is 2.19. The van der Waals surface area contributed by atoms with Crippen molar-refractivity contribution >= 4 is 11.8 Å². The van der Waals surface area contributed by atoms with E-state index in [1.54, 1.807) is 12.1 Å². The van der Waals surface area contributed by atoms with Crippen LogP contribution in [-0.4, -0.2) is 52.9 Å². The first kappa shape index (κ1) is 20.4. The molecule has 0 spiro atoms. The first-order valence-corrected chi connectivity index (χ1v) is 8.70. The molecule has 0 atom stereocenters. The Kier molecular flexibility index (Phi) is 7.36. The number of hydrogen-bond acceptors (Lipinski definition) is 5. The third-order valence-electron chi connectivity index (χ3n) is 4.13. The molecule has 0 radical (unpaired) electrons. The number of halogens is 1. The lowest BCUT2D eigenvalue weighted by Gasteiger charge is -2.20. The van der Waals surface area contributed by atoms with Gasteiger partial charge < -0.3 is 15.5 Å². The van der Waals surface area contributed by atoms with Crippen molar-refractivity contribution in [2.75, 3.05) is 20.1 Å². The van der Waals surface area contributed by atoms with Crippen molar-refractivity contribution in [1.29, 1.82) is 0 Å². The average Bonchev–Trinajstić information content (AvgIpc) is 2.67. The Morgan fingerprint density at radius 3 is 2.15 bits per heavy atom. The van der Waals surface area contributed by atoms with Gasteiger partial charge in [0.05, 0.1) is 0 Å². The normalized spacial score (nSPS) is 10.9. The van der Waals surface area contributed by atoms with Crippen molar-refractivity contribution in [2.24, 2.45) is 0 Å². The lowest BCUT2D eigenvalue weighted by Crippen LogP contribution is -2.37. The number of nitrogens with one attached hydrogen (secondary N) is 2. The number of benzene rings is 1. The lowest BCUT2D eigenvalue weighted by atomic mass is 10.2. The zero-order chi connectivity index (χ0) is 19.8. The third kappa shape index (κ3) is 6.10. The highest BCUT2D eigenvalue weighted by atomic mass is 19.1. The van der Waals surface area contributed by atoms with Gasteiger partial charge in [-0.25, -0.2) is 14.4 Å². The Balaban J connectivity index is 1.98. The average molecular weight is 373 g/mol. The smallest absolute Gasteiger partial charge is 0.272 e. The van der Waals surface area contributed by atoms with Gasteiger partial charge in [-0.15, -0.1) is 0 Å². The van der Waals surface area contributed by atoms with Crippen LogP contribution < -0.4 is 10.6 Å². The van der Waals surface area contributed by atoms with E-state index in [0.29, 0.717) is 19.1 Å². The number of likely N-dealkylation sites (N-methyl/N-ethyl adjacent to an activating group) is 1. The van der Waals surface area contributed by atoms with E-state index in [1.165, 1.54) is 24.5 Å². The van der Waals surface area contributed by atoms with Crippen molar-refractivity contribution in [3.05, 3.63) is 59.4 Å². The fourth-order valence-corrected chi connectivity index (χ4v) is 2.23. The van der Waals surface area contributed by atoms with Gasteiger partial charge in [0.1, 0.15) is 5.82 Å². The molecule has 0 bridgehead atoms. The second-order valence-electron chi connectivity index (χ2n) is 6.39. The summed E-state index contributed by atoms with van der Waals surface area (Å²) < 4.78 is 12.9. The number of amides is 2. The quantitative estimate of drug-likeness (QED) is 0.734. The maximum Gasteiger partial charge on any atom is 0.272 e. The third-order valence-corrected chi connectivity index (χ3v) is 4.13. The molecule has 144 valence electrons. The standard InChI is InChI=1S/C19H24FN5O2/c1-13(2)25(3)11-10-23-18(26)16-17(22-9-8-21-16)19(27)24-12-14-4-6-15(20)7-5-14/h4-9,13H,10-12H2,1-3H3,(H,23,26)(H,24,27). The van der Waals surface area contributed by atoms with Crippen molar-refractivity contribution in [3.63, 3.8) is 0 Å². The second-order valence-corrected chi connectivity index (χ2v) is 6.39. The van der Waals surface area contributed by atoms with Gasteiger partial charge in [-0.1, -0.05) is 12.1 Å².